The zero-order valence-electron chi connectivity index (χ0n) is 7.03. The Morgan fingerprint density at radius 2 is 2.20 bits per heavy atom. The molecule has 5 nitrogen and oxygen atoms in total. The van der Waals surface area contributed by atoms with Gasteiger partial charge in [0.25, 0.3) is 10.9 Å². The number of carbonyl (C=O) groups is 1. The monoisotopic (exact) mass is 336 g/mol. The maximum atomic E-state index is 10.9. The van der Waals surface area contributed by atoms with Crippen LogP contribution in [0.15, 0.2) is 12.1 Å². The Kier molecular flexibility index (Phi) is 3.60. The SMILES string of the molecule is N#Cc1c(C(=O)Cl)cc(I)cc1[N+](=O)[O-]. The van der Waals surface area contributed by atoms with Crippen molar-refractivity contribution in [3.8, 4) is 6.07 Å². The van der Waals surface area contributed by atoms with Gasteiger partial charge in [0.05, 0.1) is 10.5 Å². The minimum atomic E-state index is -0.881. The predicted molar refractivity (Wildman–Crippen MR) is 60.7 cm³/mol. The third-order valence-corrected chi connectivity index (χ3v) is 2.43. The fourth-order valence-electron chi connectivity index (χ4n) is 1.01. The van der Waals surface area contributed by atoms with E-state index in [1.165, 1.54) is 12.1 Å². The number of halogens is 2. The van der Waals surface area contributed by atoms with Crippen molar-refractivity contribution in [3.05, 3.63) is 36.9 Å². The number of benzene rings is 1. The van der Waals surface area contributed by atoms with Crippen molar-refractivity contribution >= 4 is 45.1 Å². The molecule has 0 atom stereocenters. The lowest BCUT2D eigenvalue weighted by molar-refractivity contribution is -0.385. The number of rotatable bonds is 2. The van der Waals surface area contributed by atoms with Crippen LogP contribution in [0.5, 0.6) is 0 Å². The topological polar surface area (TPSA) is 84.0 Å². The van der Waals surface area contributed by atoms with Crippen molar-refractivity contribution < 1.29 is 9.72 Å². The second kappa shape index (κ2) is 4.55. The van der Waals surface area contributed by atoms with Gasteiger partial charge in [0.2, 0.25) is 0 Å². The van der Waals surface area contributed by atoms with Crippen molar-refractivity contribution in [1.82, 2.24) is 0 Å². The molecule has 7 heteroatoms. The van der Waals surface area contributed by atoms with E-state index in [0.717, 1.165) is 0 Å². The van der Waals surface area contributed by atoms with Gasteiger partial charge in [0.1, 0.15) is 11.6 Å². The van der Waals surface area contributed by atoms with E-state index in [-0.39, 0.29) is 11.1 Å². The summed E-state index contributed by atoms with van der Waals surface area (Å²) in [5, 5.41) is 18.4. The van der Waals surface area contributed by atoms with Crippen LogP contribution in [0.25, 0.3) is 0 Å². The Bertz CT molecular complexity index is 460. The Hall–Kier alpha value is -1.20. The Labute approximate surface area is 103 Å². The van der Waals surface area contributed by atoms with Crippen molar-refractivity contribution in [2.24, 2.45) is 0 Å². The van der Waals surface area contributed by atoms with Crippen molar-refractivity contribution in [2.45, 2.75) is 0 Å². The normalized spacial score (nSPS) is 9.40. The number of hydrogen-bond acceptors (Lipinski definition) is 4. The quantitative estimate of drug-likeness (QED) is 0.359. The van der Waals surface area contributed by atoms with Gasteiger partial charge in [-0.1, -0.05) is 0 Å². The molecule has 0 N–H and O–H groups in total. The lowest BCUT2D eigenvalue weighted by Crippen LogP contribution is -2.01. The number of nitrogens with zero attached hydrogens (tertiary/aromatic N) is 2. The van der Waals surface area contributed by atoms with Crippen LogP contribution < -0.4 is 0 Å². The van der Waals surface area contributed by atoms with E-state index in [4.69, 9.17) is 16.9 Å². The predicted octanol–water partition coefficient (Wildman–Crippen LogP) is 2.45. The van der Waals surface area contributed by atoms with Crippen LogP contribution in [-0.2, 0) is 0 Å². The first-order valence-electron chi connectivity index (χ1n) is 3.55. The molecule has 0 radical (unpaired) electrons. The summed E-state index contributed by atoms with van der Waals surface area (Å²) >= 11 is 7.03. The molecule has 0 saturated heterocycles. The highest BCUT2D eigenvalue weighted by atomic mass is 127. The highest BCUT2D eigenvalue weighted by Gasteiger charge is 2.21. The highest BCUT2D eigenvalue weighted by molar-refractivity contribution is 14.1. The van der Waals surface area contributed by atoms with Crippen LogP contribution in [0, 0.1) is 25.0 Å². The van der Waals surface area contributed by atoms with Gasteiger partial charge in [0, 0.05) is 9.64 Å². The summed E-state index contributed by atoms with van der Waals surface area (Å²) in [6, 6.07) is 4.15. The molecule has 0 saturated carbocycles. The van der Waals surface area contributed by atoms with E-state index in [1.54, 1.807) is 28.7 Å². The molecule has 0 unspecified atom stereocenters. The molecule has 0 spiro atoms. The zero-order chi connectivity index (χ0) is 11.6. The maximum absolute atomic E-state index is 10.9. The van der Waals surface area contributed by atoms with Gasteiger partial charge in [-0.2, -0.15) is 5.26 Å². The van der Waals surface area contributed by atoms with Crippen molar-refractivity contribution in [2.75, 3.05) is 0 Å². The van der Waals surface area contributed by atoms with Crippen molar-refractivity contribution in [1.29, 1.82) is 5.26 Å². The lowest BCUT2D eigenvalue weighted by atomic mass is 10.1. The molecule has 1 aromatic carbocycles. The second-order valence-electron chi connectivity index (χ2n) is 2.49. The Balaban J connectivity index is 3.62. The maximum Gasteiger partial charge on any atom is 0.288 e. The highest BCUT2D eigenvalue weighted by Crippen LogP contribution is 2.26. The zero-order valence-corrected chi connectivity index (χ0v) is 9.94. The molecule has 0 bridgehead atoms. The molecule has 0 fully saturated rings. The van der Waals surface area contributed by atoms with Gasteiger partial charge < -0.3 is 0 Å². The molecule has 0 amide bonds. The summed E-state index contributed by atoms with van der Waals surface area (Å²) in [5.74, 6) is 0. The van der Waals surface area contributed by atoms with E-state index in [9.17, 15) is 14.9 Å². The fraction of sp³-hybridized carbons (Fsp3) is 0. The van der Waals surface area contributed by atoms with Gasteiger partial charge >= 0.3 is 0 Å². The van der Waals surface area contributed by atoms with E-state index in [1.807, 2.05) is 0 Å². The smallest absolute Gasteiger partial charge is 0.276 e. The molecule has 0 aliphatic carbocycles. The summed E-state index contributed by atoms with van der Waals surface area (Å²) < 4.78 is 0.474. The summed E-state index contributed by atoms with van der Waals surface area (Å²) in [7, 11) is 0. The molecule has 0 aliphatic heterocycles. The summed E-state index contributed by atoms with van der Waals surface area (Å²) in [6.07, 6.45) is 0. The number of nitro groups is 1. The van der Waals surface area contributed by atoms with Crippen LogP contribution >= 0.6 is 34.2 Å². The number of carbonyl (C=O) groups excluding carboxylic acids is 1. The average molecular weight is 336 g/mol. The molecule has 0 aliphatic rings. The first-order chi connectivity index (χ1) is 6.97. The molecule has 0 heterocycles. The summed E-state index contributed by atoms with van der Waals surface area (Å²) in [6.45, 7) is 0. The van der Waals surface area contributed by atoms with Gasteiger partial charge in [-0.3, -0.25) is 14.9 Å². The van der Waals surface area contributed by atoms with Crippen LogP contribution in [0.2, 0.25) is 0 Å². The van der Waals surface area contributed by atoms with Gasteiger partial charge in [-0.25, -0.2) is 0 Å². The number of nitriles is 1. The molecular weight excluding hydrogens is 334 g/mol. The molecular formula is C8H2ClIN2O3. The largest absolute Gasteiger partial charge is 0.288 e. The van der Waals surface area contributed by atoms with Crippen LogP contribution in [0.3, 0.4) is 0 Å². The minimum absolute atomic E-state index is 0.141. The van der Waals surface area contributed by atoms with Crippen LogP contribution in [0.1, 0.15) is 15.9 Å². The molecule has 1 rings (SSSR count). The van der Waals surface area contributed by atoms with E-state index < -0.39 is 15.9 Å². The number of nitro benzene ring substituents is 1. The summed E-state index contributed by atoms with van der Waals surface area (Å²) in [5.41, 5.74) is -0.855. The van der Waals surface area contributed by atoms with E-state index in [0.29, 0.717) is 3.57 Å². The third kappa shape index (κ3) is 2.43. The van der Waals surface area contributed by atoms with Gasteiger partial charge in [0.15, 0.2) is 0 Å². The number of hydrogen-bond donors (Lipinski definition) is 0. The van der Waals surface area contributed by atoms with Crippen molar-refractivity contribution in [3.63, 3.8) is 0 Å². The lowest BCUT2D eigenvalue weighted by Gasteiger charge is -2.00. The first-order valence-corrected chi connectivity index (χ1v) is 5.01. The van der Waals surface area contributed by atoms with E-state index in [2.05, 4.69) is 0 Å². The summed E-state index contributed by atoms with van der Waals surface area (Å²) in [4.78, 5) is 20.8. The molecule has 0 aromatic heterocycles. The molecule has 76 valence electrons. The molecule has 1 aromatic rings. The second-order valence-corrected chi connectivity index (χ2v) is 4.08. The molecule has 15 heavy (non-hydrogen) atoms. The van der Waals surface area contributed by atoms with Crippen LogP contribution in [-0.4, -0.2) is 10.2 Å². The Morgan fingerprint density at radius 3 is 2.60 bits per heavy atom. The minimum Gasteiger partial charge on any atom is -0.276 e. The average Bonchev–Trinajstić information content (AvgIpc) is 2.16. The first kappa shape index (κ1) is 11.9. The van der Waals surface area contributed by atoms with Gasteiger partial charge in [-0.05, 0) is 40.3 Å². The van der Waals surface area contributed by atoms with Gasteiger partial charge in [-0.15, -0.1) is 0 Å². The van der Waals surface area contributed by atoms with Crippen LogP contribution in [0.4, 0.5) is 5.69 Å². The third-order valence-electron chi connectivity index (χ3n) is 1.60. The fourth-order valence-corrected chi connectivity index (χ4v) is 1.76. The Morgan fingerprint density at radius 1 is 1.60 bits per heavy atom. The van der Waals surface area contributed by atoms with E-state index >= 15 is 0 Å². The standard InChI is InChI=1S/C8H2ClIN2O3/c9-8(13)5-1-4(10)2-7(12(14)15)6(5)3-11/h1-2H.